The maximum absolute atomic E-state index is 13.3. The predicted octanol–water partition coefficient (Wildman–Crippen LogP) is 2.95. The standard InChI is InChI=1S/C20H23FN2O/c21-18-6-7-20-17(12-18)13-19(24-20)15-23-10-8-22(9-11-23)14-16-4-2-1-3-5-16/h1-7,12,19H,8-11,13-15H2. The van der Waals surface area contributed by atoms with E-state index in [1.54, 1.807) is 12.1 Å². The molecule has 1 saturated heterocycles. The summed E-state index contributed by atoms with van der Waals surface area (Å²) >= 11 is 0. The summed E-state index contributed by atoms with van der Waals surface area (Å²) in [5, 5.41) is 0. The quantitative estimate of drug-likeness (QED) is 0.859. The van der Waals surface area contributed by atoms with Crippen molar-refractivity contribution in [1.82, 2.24) is 9.80 Å². The van der Waals surface area contributed by atoms with Gasteiger partial charge in [-0.1, -0.05) is 30.3 Å². The van der Waals surface area contributed by atoms with E-state index in [4.69, 9.17) is 4.74 Å². The summed E-state index contributed by atoms with van der Waals surface area (Å²) in [6.07, 6.45) is 0.972. The van der Waals surface area contributed by atoms with Crippen LogP contribution in [0, 0.1) is 5.82 Å². The van der Waals surface area contributed by atoms with Crippen molar-refractivity contribution in [3.05, 3.63) is 65.5 Å². The molecule has 0 N–H and O–H groups in total. The second kappa shape index (κ2) is 6.91. The van der Waals surface area contributed by atoms with Gasteiger partial charge in [-0.2, -0.15) is 0 Å². The van der Waals surface area contributed by atoms with Crippen molar-refractivity contribution < 1.29 is 9.13 Å². The summed E-state index contributed by atoms with van der Waals surface area (Å²) in [5.41, 5.74) is 2.38. The third-order valence-corrected chi connectivity index (χ3v) is 4.94. The lowest BCUT2D eigenvalue weighted by atomic mass is 10.1. The van der Waals surface area contributed by atoms with Gasteiger partial charge in [-0.15, -0.1) is 0 Å². The summed E-state index contributed by atoms with van der Waals surface area (Å²) in [5.74, 6) is 0.677. The van der Waals surface area contributed by atoms with Crippen LogP contribution in [0.4, 0.5) is 4.39 Å². The van der Waals surface area contributed by atoms with Gasteiger partial charge in [-0.25, -0.2) is 4.39 Å². The number of halogens is 1. The van der Waals surface area contributed by atoms with Crippen LogP contribution >= 0.6 is 0 Å². The SMILES string of the molecule is Fc1ccc2c(c1)CC(CN1CCN(Cc3ccccc3)CC1)O2. The number of hydrogen-bond acceptors (Lipinski definition) is 3. The van der Waals surface area contributed by atoms with Gasteiger partial charge >= 0.3 is 0 Å². The Morgan fingerprint density at radius 1 is 0.958 bits per heavy atom. The first kappa shape index (κ1) is 15.6. The lowest BCUT2D eigenvalue weighted by Crippen LogP contribution is -2.48. The zero-order valence-corrected chi connectivity index (χ0v) is 13.8. The van der Waals surface area contributed by atoms with Crippen molar-refractivity contribution in [2.45, 2.75) is 19.1 Å². The van der Waals surface area contributed by atoms with Crippen LogP contribution in [0.15, 0.2) is 48.5 Å². The van der Waals surface area contributed by atoms with Crippen LogP contribution in [0.3, 0.4) is 0 Å². The zero-order valence-electron chi connectivity index (χ0n) is 13.8. The molecule has 2 aromatic rings. The van der Waals surface area contributed by atoms with Crippen LogP contribution in [-0.4, -0.2) is 48.6 Å². The molecule has 0 bridgehead atoms. The Bertz CT molecular complexity index is 683. The molecule has 1 fully saturated rings. The molecule has 2 aliphatic heterocycles. The van der Waals surface area contributed by atoms with Crippen molar-refractivity contribution in [2.75, 3.05) is 32.7 Å². The van der Waals surface area contributed by atoms with Gasteiger partial charge < -0.3 is 4.74 Å². The number of nitrogens with zero attached hydrogens (tertiary/aromatic N) is 2. The molecule has 0 radical (unpaired) electrons. The molecule has 3 nitrogen and oxygen atoms in total. The van der Waals surface area contributed by atoms with Crippen LogP contribution in [0.1, 0.15) is 11.1 Å². The molecule has 0 aromatic heterocycles. The van der Waals surface area contributed by atoms with E-state index >= 15 is 0 Å². The molecule has 1 atom stereocenters. The van der Waals surface area contributed by atoms with E-state index in [1.807, 2.05) is 0 Å². The largest absolute Gasteiger partial charge is 0.488 e. The third kappa shape index (κ3) is 3.60. The van der Waals surface area contributed by atoms with Crippen molar-refractivity contribution in [2.24, 2.45) is 0 Å². The number of hydrogen-bond donors (Lipinski definition) is 0. The van der Waals surface area contributed by atoms with Gasteiger partial charge in [0.2, 0.25) is 0 Å². The highest BCUT2D eigenvalue weighted by molar-refractivity contribution is 5.37. The molecule has 24 heavy (non-hydrogen) atoms. The summed E-state index contributed by atoms with van der Waals surface area (Å²) < 4.78 is 19.3. The molecule has 4 heteroatoms. The molecule has 0 saturated carbocycles. The summed E-state index contributed by atoms with van der Waals surface area (Å²) in [6, 6.07) is 15.5. The average molecular weight is 326 g/mol. The Balaban J connectivity index is 1.25. The van der Waals surface area contributed by atoms with Crippen molar-refractivity contribution in [3.63, 3.8) is 0 Å². The molecule has 0 aliphatic carbocycles. The summed E-state index contributed by atoms with van der Waals surface area (Å²) in [4.78, 5) is 4.97. The predicted molar refractivity (Wildman–Crippen MR) is 92.7 cm³/mol. The number of benzene rings is 2. The van der Waals surface area contributed by atoms with E-state index in [0.29, 0.717) is 0 Å². The Kier molecular flexibility index (Phi) is 4.50. The average Bonchev–Trinajstić information content (AvgIpc) is 2.99. The number of ether oxygens (including phenoxy) is 1. The smallest absolute Gasteiger partial charge is 0.123 e. The van der Waals surface area contributed by atoms with Gasteiger partial charge in [-0.3, -0.25) is 9.80 Å². The maximum atomic E-state index is 13.3. The van der Waals surface area contributed by atoms with Crippen molar-refractivity contribution in [1.29, 1.82) is 0 Å². The highest BCUT2D eigenvalue weighted by atomic mass is 19.1. The third-order valence-electron chi connectivity index (χ3n) is 4.94. The second-order valence-corrected chi connectivity index (χ2v) is 6.76. The Hall–Kier alpha value is -1.91. The van der Waals surface area contributed by atoms with Crippen LogP contribution in [-0.2, 0) is 13.0 Å². The van der Waals surface area contributed by atoms with E-state index in [2.05, 4.69) is 40.1 Å². The summed E-state index contributed by atoms with van der Waals surface area (Å²) in [7, 11) is 0. The normalized spacial score (nSPS) is 21.5. The molecule has 2 heterocycles. The van der Waals surface area contributed by atoms with Gasteiger partial charge in [0, 0.05) is 51.3 Å². The highest BCUT2D eigenvalue weighted by Crippen LogP contribution is 2.29. The summed E-state index contributed by atoms with van der Waals surface area (Å²) in [6.45, 7) is 6.26. The van der Waals surface area contributed by atoms with Crippen molar-refractivity contribution >= 4 is 0 Å². The zero-order chi connectivity index (χ0) is 16.4. The van der Waals surface area contributed by atoms with Crippen LogP contribution in [0.5, 0.6) is 5.75 Å². The number of fused-ring (bicyclic) bond motifs is 1. The van der Waals surface area contributed by atoms with E-state index in [0.717, 1.165) is 57.0 Å². The van der Waals surface area contributed by atoms with Gasteiger partial charge in [0.05, 0.1) is 0 Å². The molecule has 1 unspecified atom stereocenters. The van der Waals surface area contributed by atoms with E-state index in [9.17, 15) is 4.39 Å². The van der Waals surface area contributed by atoms with E-state index in [-0.39, 0.29) is 11.9 Å². The molecule has 4 rings (SSSR count). The minimum absolute atomic E-state index is 0.155. The first-order chi connectivity index (χ1) is 11.8. The van der Waals surface area contributed by atoms with Gasteiger partial charge in [0.15, 0.2) is 0 Å². The lowest BCUT2D eigenvalue weighted by molar-refractivity contribution is 0.0890. The number of rotatable bonds is 4. The van der Waals surface area contributed by atoms with Crippen LogP contribution in [0.2, 0.25) is 0 Å². The van der Waals surface area contributed by atoms with Gasteiger partial charge in [-0.05, 0) is 23.8 Å². The number of piperazine rings is 1. The maximum Gasteiger partial charge on any atom is 0.123 e. The molecule has 2 aromatic carbocycles. The fourth-order valence-corrected chi connectivity index (χ4v) is 3.65. The van der Waals surface area contributed by atoms with Gasteiger partial charge in [0.1, 0.15) is 17.7 Å². The Morgan fingerprint density at radius 2 is 1.71 bits per heavy atom. The van der Waals surface area contributed by atoms with E-state index < -0.39 is 0 Å². The fraction of sp³-hybridized carbons (Fsp3) is 0.400. The van der Waals surface area contributed by atoms with Gasteiger partial charge in [0.25, 0.3) is 0 Å². The van der Waals surface area contributed by atoms with E-state index in [1.165, 1.54) is 11.6 Å². The first-order valence-corrected chi connectivity index (χ1v) is 8.70. The first-order valence-electron chi connectivity index (χ1n) is 8.70. The molecular weight excluding hydrogens is 303 g/mol. The fourth-order valence-electron chi connectivity index (χ4n) is 3.65. The van der Waals surface area contributed by atoms with Crippen LogP contribution < -0.4 is 4.74 Å². The topological polar surface area (TPSA) is 15.7 Å². The highest BCUT2D eigenvalue weighted by Gasteiger charge is 2.27. The minimum Gasteiger partial charge on any atom is -0.488 e. The minimum atomic E-state index is -0.174. The molecule has 126 valence electrons. The molecule has 2 aliphatic rings. The molecule has 0 amide bonds. The monoisotopic (exact) mass is 326 g/mol. The van der Waals surface area contributed by atoms with Crippen molar-refractivity contribution in [3.8, 4) is 5.75 Å². The Morgan fingerprint density at radius 3 is 2.50 bits per heavy atom. The molecule has 0 spiro atoms. The lowest BCUT2D eigenvalue weighted by Gasteiger charge is -2.35. The molecular formula is C20H23FN2O. The van der Waals surface area contributed by atoms with Crippen LogP contribution in [0.25, 0.3) is 0 Å². The Labute approximate surface area is 142 Å². The second-order valence-electron chi connectivity index (χ2n) is 6.76.